The SMILES string of the molecule is CC(C)(C)S(=O)(=O)CCNc1cc(F)ccc1F. The summed E-state index contributed by atoms with van der Waals surface area (Å²) < 4.78 is 48.8. The molecular formula is C12H17F2NO2S. The van der Waals surface area contributed by atoms with Gasteiger partial charge in [-0.2, -0.15) is 0 Å². The van der Waals surface area contributed by atoms with Crippen LogP contribution in [0.1, 0.15) is 20.8 Å². The molecule has 0 spiro atoms. The lowest BCUT2D eigenvalue weighted by molar-refractivity contribution is 0.560. The zero-order valence-electron chi connectivity index (χ0n) is 10.6. The van der Waals surface area contributed by atoms with Crippen LogP contribution in [0.3, 0.4) is 0 Å². The summed E-state index contributed by atoms with van der Waals surface area (Å²) in [6, 6.07) is 3.00. The maximum Gasteiger partial charge on any atom is 0.156 e. The Labute approximate surface area is 106 Å². The average Bonchev–Trinajstić information content (AvgIpc) is 2.21. The summed E-state index contributed by atoms with van der Waals surface area (Å²) in [4.78, 5) is 0. The van der Waals surface area contributed by atoms with Crippen molar-refractivity contribution in [2.45, 2.75) is 25.5 Å². The Morgan fingerprint density at radius 1 is 1.22 bits per heavy atom. The highest BCUT2D eigenvalue weighted by molar-refractivity contribution is 7.92. The van der Waals surface area contributed by atoms with Gasteiger partial charge < -0.3 is 5.32 Å². The lowest BCUT2D eigenvalue weighted by atomic mass is 10.3. The number of benzene rings is 1. The lowest BCUT2D eigenvalue weighted by Gasteiger charge is -2.19. The Hall–Kier alpha value is -1.17. The molecule has 18 heavy (non-hydrogen) atoms. The van der Waals surface area contributed by atoms with E-state index in [1.807, 2.05) is 0 Å². The number of anilines is 1. The van der Waals surface area contributed by atoms with Gasteiger partial charge in [0.25, 0.3) is 0 Å². The van der Waals surface area contributed by atoms with Gasteiger partial charge in [0.05, 0.1) is 16.2 Å². The first-order chi connectivity index (χ1) is 8.13. The van der Waals surface area contributed by atoms with E-state index in [1.54, 1.807) is 20.8 Å². The van der Waals surface area contributed by atoms with Crippen LogP contribution in [0.2, 0.25) is 0 Å². The van der Waals surface area contributed by atoms with E-state index in [-0.39, 0.29) is 18.0 Å². The summed E-state index contributed by atoms with van der Waals surface area (Å²) in [5.74, 6) is -1.31. The fourth-order valence-electron chi connectivity index (χ4n) is 1.26. The Kier molecular flexibility index (Phi) is 4.32. The molecule has 0 bridgehead atoms. The Morgan fingerprint density at radius 3 is 2.39 bits per heavy atom. The molecule has 0 aliphatic rings. The van der Waals surface area contributed by atoms with E-state index in [2.05, 4.69) is 5.32 Å². The molecular weight excluding hydrogens is 260 g/mol. The predicted octanol–water partition coefficient (Wildman–Crippen LogP) is 2.59. The molecule has 0 amide bonds. The number of hydrogen-bond acceptors (Lipinski definition) is 3. The molecule has 0 saturated heterocycles. The topological polar surface area (TPSA) is 46.2 Å². The van der Waals surface area contributed by atoms with Gasteiger partial charge in [-0.25, -0.2) is 17.2 Å². The van der Waals surface area contributed by atoms with Crippen LogP contribution >= 0.6 is 0 Å². The van der Waals surface area contributed by atoms with Crippen LogP contribution in [-0.4, -0.2) is 25.5 Å². The first-order valence-electron chi connectivity index (χ1n) is 5.55. The zero-order valence-corrected chi connectivity index (χ0v) is 11.4. The molecule has 0 saturated carbocycles. The maximum atomic E-state index is 13.2. The van der Waals surface area contributed by atoms with Gasteiger partial charge in [0.2, 0.25) is 0 Å². The molecule has 0 atom stereocenters. The van der Waals surface area contributed by atoms with Crippen LogP contribution in [0.5, 0.6) is 0 Å². The normalized spacial score (nSPS) is 12.5. The Balaban J connectivity index is 2.65. The van der Waals surface area contributed by atoms with Gasteiger partial charge in [-0.15, -0.1) is 0 Å². The summed E-state index contributed by atoms with van der Waals surface area (Å²) in [6.45, 7) is 4.85. The second-order valence-electron chi connectivity index (χ2n) is 4.98. The van der Waals surface area contributed by atoms with Crippen molar-refractivity contribution in [2.75, 3.05) is 17.6 Å². The summed E-state index contributed by atoms with van der Waals surface area (Å²) in [5.41, 5.74) is -0.0286. The highest BCUT2D eigenvalue weighted by atomic mass is 32.2. The molecule has 0 radical (unpaired) electrons. The van der Waals surface area contributed by atoms with E-state index in [0.717, 1.165) is 18.2 Å². The minimum absolute atomic E-state index is 0.0286. The van der Waals surface area contributed by atoms with Crippen LogP contribution in [0.4, 0.5) is 14.5 Å². The number of nitrogens with one attached hydrogen (secondary N) is 1. The Morgan fingerprint density at radius 2 is 1.83 bits per heavy atom. The molecule has 1 aromatic rings. The molecule has 0 unspecified atom stereocenters. The van der Waals surface area contributed by atoms with Crippen LogP contribution in [-0.2, 0) is 9.84 Å². The Bertz CT molecular complexity index is 521. The van der Waals surface area contributed by atoms with Gasteiger partial charge in [-0.1, -0.05) is 0 Å². The fourth-order valence-corrected chi connectivity index (χ4v) is 2.24. The third kappa shape index (κ3) is 3.66. The summed E-state index contributed by atoms with van der Waals surface area (Å²) >= 11 is 0. The maximum absolute atomic E-state index is 13.2. The van der Waals surface area contributed by atoms with E-state index in [4.69, 9.17) is 0 Å². The van der Waals surface area contributed by atoms with Gasteiger partial charge in [-0.3, -0.25) is 0 Å². The summed E-state index contributed by atoms with van der Waals surface area (Å²) in [6.07, 6.45) is 0. The number of sulfone groups is 1. The van der Waals surface area contributed by atoms with E-state index >= 15 is 0 Å². The van der Waals surface area contributed by atoms with Crippen molar-refractivity contribution >= 4 is 15.5 Å². The number of hydrogen-bond donors (Lipinski definition) is 1. The van der Waals surface area contributed by atoms with Crippen molar-refractivity contribution in [3.05, 3.63) is 29.8 Å². The van der Waals surface area contributed by atoms with Crippen LogP contribution in [0.15, 0.2) is 18.2 Å². The van der Waals surface area contributed by atoms with E-state index < -0.39 is 26.2 Å². The van der Waals surface area contributed by atoms with Crippen molar-refractivity contribution in [1.82, 2.24) is 0 Å². The predicted molar refractivity (Wildman–Crippen MR) is 68.4 cm³/mol. The fraction of sp³-hybridized carbons (Fsp3) is 0.500. The highest BCUT2D eigenvalue weighted by Gasteiger charge is 2.28. The van der Waals surface area contributed by atoms with Crippen molar-refractivity contribution < 1.29 is 17.2 Å². The molecule has 0 aromatic heterocycles. The van der Waals surface area contributed by atoms with Crippen LogP contribution < -0.4 is 5.32 Å². The van der Waals surface area contributed by atoms with Crippen molar-refractivity contribution in [3.63, 3.8) is 0 Å². The first-order valence-corrected chi connectivity index (χ1v) is 7.20. The second-order valence-corrected chi connectivity index (χ2v) is 7.84. The van der Waals surface area contributed by atoms with Crippen LogP contribution in [0.25, 0.3) is 0 Å². The molecule has 1 N–H and O–H groups in total. The van der Waals surface area contributed by atoms with Crippen molar-refractivity contribution in [2.24, 2.45) is 0 Å². The lowest BCUT2D eigenvalue weighted by Crippen LogP contribution is -2.33. The molecule has 0 aliphatic carbocycles. The number of rotatable bonds is 4. The monoisotopic (exact) mass is 277 g/mol. The average molecular weight is 277 g/mol. The largest absolute Gasteiger partial charge is 0.382 e. The van der Waals surface area contributed by atoms with E-state index in [9.17, 15) is 17.2 Å². The molecule has 1 rings (SSSR count). The minimum atomic E-state index is -3.27. The molecule has 6 heteroatoms. The second kappa shape index (κ2) is 5.22. The molecule has 1 aromatic carbocycles. The smallest absolute Gasteiger partial charge is 0.156 e. The molecule has 0 heterocycles. The quantitative estimate of drug-likeness (QED) is 0.920. The van der Waals surface area contributed by atoms with Crippen LogP contribution in [0, 0.1) is 11.6 Å². The zero-order chi connectivity index (χ0) is 14.0. The highest BCUT2D eigenvalue weighted by Crippen LogP contribution is 2.17. The minimum Gasteiger partial charge on any atom is -0.382 e. The molecule has 0 fully saturated rings. The van der Waals surface area contributed by atoms with E-state index in [1.165, 1.54) is 0 Å². The molecule has 0 aliphatic heterocycles. The third-order valence-electron chi connectivity index (χ3n) is 2.55. The number of halogens is 2. The molecule has 3 nitrogen and oxygen atoms in total. The van der Waals surface area contributed by atoms with Gasteiger partial charge >= 0.3 is 0 Å². The first kappa shape index (κ1) is 14.9. The third-order valence-corrected chi connectivity index (χ3v) is 5.16. The van der Waals surface area contributed by atoms with E-state index in [0.29, 0.717) is 0 Å². The van der Waals surface area contributed by atoms with Crippen molar-refractivity contribution in [1.29, 1.82) is 0 Å². The summed E-state index contributed by atoms with van der Waals surface area (Å²) in [7, 11) is -3.27. The summed E-state index contributed by atoms with van der Waals surface area (Å²) in [5, 5.41) is 2.59. The molecule has 102 valence electrons. The van der Waals surface area contributed by atoms with Gasteiger partial charge in [0, 0.05) is 6.54 Å². The standard InChI is InChI=1S/C12H17F2NO2S/c1-12(2,3)18(16,17)7-6-15-11-8-9(13)4-5-10(11)14/h4-5,8,15H,6-7H2,1-3H3. The van der Waals surface area contributed by atoms with Crippen molar-refractivity contribution in [3.8, 4) is 0 Å². The van der Waals surface area contributed by atoms with Gasteiger partial charge in [0.15, 0.2) is 9.84 Å². The van der Waals surface area contributed by atoms with Gasteiger partial charge in [0.1, 0.15) is 11.6 Å². The van der Waals surface area contributed by atoms with Gasteiger partial charge in [-0.05, 0) is 39.0 Å².